The molecule has 17 heavy (non-hydrogen) atoms. The van der Waals surface area contributed by atoms with Crippen LogP contribution in [0.25, 0.3) is 0 Å². The van der Waals surface area contributed by atoms with Crippen LogP contribution in [0.3, 0.4) is 0 Å². The molecule has 0 spiro atoms. The Labute approximate surface area is 107 Å². The Kier molecular flexibility index (Phi) is 6.03. The third-order valence-electron chi connectivity index (χ3n) is 2.18. The second kappa shape index (κ2) is 7.62. The minimum atomic E-state index is -0.170. The van der Waals surface area contributed by atoms with Crippen LogP contribution >= 0.6 is 12.2 Å². The number of thiocarbonyl (C=S) groups is 1. The number of amides is 2. The minimum absolute atomic E-state index is 0.170. The van der Waals surface area contributed by atoms with Gasteiger partial charge in [-0.15, -0.1) is 0 Å². The van der Waals surface area contributed by atoms with Crippen molar-refractivity contribution in [3.05, 3.63) is 35.9 Å². The molecule has 0 atom stereocenters. The number of hydrogen-bond acceptors (Lipinski definition) is 2. The molecule has 1 rings (SSSR count). The van der Waals surface area contributed by atoms with E-state index in [-0.39, 0.29) is 6.03 Å². The zero-order valence-corrected chi connectivity index (χ0v) is 10.4. The Hall–Kier alpha value is -1.62. The average molecular weight is 251 g/mol. The molecule has 0 fully saturated rings. The van der Waals surface area contributed by atoms with Gasteiger partial charge in [0.2, 0.25) is 0 Å². The van der Waals surface area contributed by atoms with Crippen molar-refractivity contribution in [3.63, 3.8) is 0 Å². The highest BCUT2D eigenvalue weighted by Gasteiger charge is 1.99. The molecule has 1 aromatic carbocycles. The molecule has 4 nitrogen and oxygen atoms in total. The fourth-order valence-electron chi connectivity index (χ4n) is 1.31. The van der Waals surface area contributed by atoms with Crippen LogP contribution in [0.1, 0.15) is 18.4 Å². The lowest BCUT2D eigenvalue weighted by molar-refractivity contribution is 0.240. The van der Waals surface area contributed by atoms with Gasteiger partial charge in [0, 0.05) is 13.1 Å². The number of nitrogens with one attached hydrogen (secondary N) is 2. The molecular formula is C12H17N3OS. The molecule has 2 amide bonds. The highest BCUT2D eigenvalue weighted by atomic mass is 32.1. The Bertz CT molecular complexity index is 367. The molecule has 0 saturated carbocycles. The smallest absolute Gasteiger partial charge is 0.315 e. The number of nitrogens with two attached hydrogens (primary N) is 1. The molecular weight excluding hydrogens is 234 g/mol. The molecule has 0 aliphatic rings. The van der Waals surface area contributed by atoms with E-state index in [1.807, 2.05) is 30.3 Å². The summed E-state index contributed by atoms with van der Waals surface area (Å²) in [6, 6.07) is 9.59. The molecule has 0 aliphatic carbocycles. The SMILES string of the molecule is NC(=S)CCCNC(=O)NCc1ccccc1. The van der Waals surface area contributed by atoms with E-state index in [4.69, 9.17) is 18.0 Å². The number of rotatable bonds is 6. The Balaban J connectivity index is 2.11. The van der Waals surface area contributed by atoms with E-state index in [0.717, 1.165) is 12.0 Å². The van der Waals surface area contributed by atoms with Crippen LogP contribution in [0, 0.1) is 0 Å². The first kappa shape index (κ1) is 13.4. The summed E-state index contributed by atoms with van der Waals surface area (Å²) in [6.07, 6.45) is 1.43. The van der Waals surface area contributed by atoms with Gasteiger partial charge in [-0.1, -0.05) is 42.5 Å². The van der Waals surface area contributed by atoms with Gasteiger partial charge in [-0.2, -0.15) is 0 Å². The van der Waals surface area contributed by atoms with E-state index in [9.17, 15) is 4.79 Å². The summed E-state index contributed by atoms with van der Waals surface area (Å²) >= 11 is 4.74. The monoisotopic (exact) mass is 251 g/mol. The van der Waals surface area contributed by atoms with Crippen LogP contribution in [0.2, 0.25) is 0 Å². The van der Waals surface area contributed by atoms with Gasteiger partial charge in [0.15, 0.2) is 0 Å². The van der Waals surface area contributed by atoms with Crippen molar-refractivity contribution in [2.24, 2.45) is 5.73 Å². The van der Waals surface area contributed by atoms with Gasteiger partial charge < -0.3 is 16.4 Å². The minimum Gasteiger partial charge on any atom is -0.393 e. The van der Waals surface area contributed by atoms with Crippen LogP contribution < -0.4 is 16.4 Å². The first-order valence-electron chi connectivity index (χ1n) is 5.52. The number of benzene rings is 1. The standard InChI is InChI=1S/C12H17N3OS/c13-11(17)7-4-8-14-12(16)15-9-10-5-2-1-3-6-10/h1-3,5-6H,4,7-9H2,(H2,13,17)(H2,14,15,16). The van der Waals surface area contributed by atoms with Crippen molar-refractivity contribution in [1.82, 2.24) is 10.6 Å². The van der Waals surface area contributed by atoms with Crippen molar-refractivity contribution in [2.45, 2.75) is 19.4 Å². The second-order valence-corrected chi connectivity index (χ2v) is 4.19. The average Bonchev–Trinajstić information content (AvgIpc) is 2.33. The van der Waals surface area contributed by atoms with Gasteiger partial charge in [-0.3, -0.25) is 0 Å². The number of carbonyl (C=O) groups excluding carboxylic acids is 1. The highest BCUT2D eigenvalue weighted by Crippen LogP contribution is 1.96. The van der Waals surface area contributed by atoms with Crippen LogP contribution in [0.4, 0.5) is 4.79 Å². The normalized spacial score (nSPS) is 9.65. The molecule has 0 aliphatic heterocycles. The summed E-state index contributed by atoms with van der Waals surface area (Å²) in [7, 11) is 0. The summed E-state index contributed by atoms with van der Waals surface area (Å²) < 4.78 is 0. The van der Waals surface area contributed by atoms with Gasteiger partial charge in [0.05, 0.1) is 4.99 Å². The molecule has 92 valence electrons. The van der Waals surface area contributed by atoms with Crippen LogP contribution in [0.5, 0.6) is 0 Å². The quantitative estimate of drug-likeness (QED) is 0.531. The Morgan fingerprint density at radius 1 is 1.24 bits per heavy atom. The first-order valence-corrected chi connectivity index (χ1v) is 5.93. The third-order valence-corrected chi connectivity index (χ3v) is 2.39. The molecule has 0 heterocycles. The fraction of sp³-hybridized carbons (Fsp3) is 0.333. The maximum Gasteiger partial charge on any atom is 0.315 e. The molecule has 1 aromatic rings. The second-order valence-electron chi connectivity index (χ2n) is 3.66. The van der Waals surface area contributed by atoms with Gasteiger partial charge in [-0.25, -0.2) is 4.79 Å². The zero-order valence-electron chi connectivity index (χ0n) is 9.61. The molecule has 0 bridgehead atoms. The summed E-state index contributed by atoms with van der Waals surface area (Å²) in [6.45, 7) is 1.11. The van der Waals surface area contributed by atoms with Crippen molar-refractivity contribution >= 4 is 23.2 Å². The van der Waals surface area contributed by atoms with Crippen LogP contribution in [-0.2, 0) is 6.54 Å². The highest BCUT2D eigenvalue weighted by molar-refractivity contribution is 7.80. The third kappa shape index (κ3) is 6.52. The Morgan fingerprint density at radius 3 is 2.59 bits per heavy atom. The van der Waals surface area contributed by atoms with E-state index in [1.54, 1.807) is 0 Å². The molecule has 0 unspecified atom stereocenters. The number of carbonyl (C=O) groups is 1. The molecule has 4 N–H and O–H groups in total. The van der Waals surface area contributed by atoms with Crippen molar-refractivity contribution in [2.75, 3.05) is 6.54 Å². The molecule has 0 aromatic heterocycles. The summed E-state index contributed by atoms with van der Waals surface area (Å²) in [5.74, 6) is 0. The predicted molar refractivity (Wildman–Crippen MR) is 72.7 cm³/mol. The van der Waals surface area contributed by atoms with Crippen molar-refractivity contribution in [3.8, 4) is 0 Å². The lowest BCUT2D eigenvalue weighted by Gasteiger charge is -2.07. The van der Waals surface area contributed by atoms with Crippen LogP contribution in [-0.4, -0.2) is 17.6 Å². The molecule has 0 radical (unpaired) electrons. The maximum atomic E-state index is 11.4. The van der Waals surface area contributed by atoms with Crippen LogP contribution in [0.15, 0.2) is 30.3 Å². The van der Waals surface area contributed by atoms with Gasteiger partial charge >= 0.3 is 6.03 Å². The van der Waals surface area contributed by atoms with E-state index < -0.39 is 0 Å². The predicted octanol–water partition coefficient (Wildman–Crippen LogP) is 1.55. The van der Waals surface area contributed by atoms with Gasteiger partial charge in [-0.05, 0) is 18.4 Å². The maximum absolute atomic E-state index is 11.4. The lowest BCUT2D eigenvalue weighted by atomic mass is 10.2. The van der Waals surface area contributed by atoms with E-state index in [0.29, 0.717) is 24.5 Å². The Morgan fingerprint density at radius 2 is 1.94 bits per heavy atom. The van der Waals surface area contributed by atoms with Crippen molar-refractivity contribution < 1.29 is 4.79 Å². The lowest BCUT2D eigenvalue weighted by Crippen LogP contribution is -2.35. The molecule has 0 saturated heterocycles. The van der Waals surface area contributed by atoms with Gasteiger partial charge in [0.25, 0.3) is 0 Å². The number of hydrogen-bond donors (Lipinski definition) is 3. The first-order chi connectivity index (χ1) is 8.18. The summed E-state index contributed by atoms with van der Waals surface area (Å²) in [4.78, 5) is 11.9. The molecule has 5 heteroatoms. The number of urea groups is 1. The summed E-state index contributed by atoms with van der Waals surface area (Å²) in [5.41, 5.74) is 6.42. The topological polar surface area (TPSA) is 67.1 Å². The summed E-state index contributed by atoms with van der Waals surface area (Å²) in [5, 5.41) is 5.52. The van der Waals surface area contributed by atoms with E-state index in [2.05, 4.69) is 10.6 Å². The van der Waals surface area contributed by atoms with Crippen molar-refractivity contribution in [1.29, 1.82) is 0 Å². The van der Waals surface area contributed by atoms with Gasteiger partial charge in [0.1, 0.15) is 0 Å². The fourth-order valence-corrected chi connectivity index (χ4v) is 1.45. The largest absolute Gasteiger partial charge is 0.393 e. The van der Waals surface area contributed by atoms with E-state index >= 15 is 0 Å². The van der Waals surface area contributed by atoms with E-state index in [1.165, 1.54) is 0 Å². The zero-order chi connectivity index (χ0) is 12.5.